The van der Waals surface area contributed by atoms with Gasteiger partial charge in [0.25, 0.3) is 5.91 Å². The first-order chi connectivity index (χ1) is 15.5. The smallest absolute Gasteiger partial charge is 0.324 e. The van der Waals surface area contributed by atoms with E-state index < -0.39 is 0 Å². The summed E-state index contributed by atoms with van der Waals surface area (Å²) in [6, 6.07) is 20.6. The lowest BCUT2D eigenvalue weighted by atomic mass is 10.1. The van der Waals surface area contributed by atoms with Crippen molar-refractivity contribution in [3.05, 3.63) is 100 Å². The lowest BCUT2D eigenvalue weighted by Crippen LogP contribution is -2.49. The molecule has 1 aliphatic rings. The van der Waals surface area contributed by atoms with Crippen LogP contribution in [0.4, 0.5) is 14.9 Å². The van der Waals surface area contributed by atoms with E-state index in [1.807, 2.05) is 18.2 Å². The molecular formula is C25H23ClFN3O2. The van der Waals surface area contributed by atoms with Crippen molar-refractivity contribution < 1.29 is 14.0 Å². The van der Waals surface area contributed by atoms with Crippen LogP contribution in [0, 0.1) is 5.82 Å². The first-order valence-corrected chi connectivity index (χ1v) is 10.8. The minimum atomic E-state index is -0.324. The Morgan fingerprint density at radius 2 is 1.72 bits per heavy atom. The Labute approximate surface area is 191 Å². The van der Waals surface area contributed by atoms with E-state index >= 15 is 0 Å². The summed E-state index contributed by atoms with van der Waals surface area (Å²) in [6.45, 7) is 1.61. The number of anilines is 1. The summed E-state index contributed by atoms with van der Waals surface area (Å²) in [5, 5.41) is 3.46. The van der Waals surface area contributed by atoms with E-state index in [0.29, 0.717) is 41.5 Å². The van der Waals surface area contributed by atoms with Gasteiger partial charge in [0.1, 0.15) is 5.82 Å². The second-order valence-electron chi connectivity index (χ2n) is 7.63. The van der Waals surface area contributed by atoms with Crippen LogP contribution >= 0.6 is 11.6 Å². The fraction of sp³-hybridized carbons (Fsp3) is 0.200. The van der Waals surface area contributed by atoms with E-state index in [1.165, 1.54) is 6.07 Å². The summed E-state index contributed by atoms with van der Waals surface area (Å²) >= 11 is 6.15. The van der Waals surface area contributed by atoms with Crippen molar-refractivity contribution in [3.8, 4) is 0 Å². The van der Waals surface area contributed by atoms with Crippen LogP contribution in [-0.2, 0) is 13.1 Å². The average Bonchev–Trinajstić information content (AvgIpc) is 2.81. The zero-order chi connectivity index (χ0) is 22.5. The Kier molecular flexibility index (Phi) is 6.71. The molecule has 32 heavy (non-hydrogen) atoms. The van der Waals surface area contributed by atoms with Crippen LogP contribution in [0.2, 0.25) is 5.02 Å². The van der Waals surface area contributed by atoms with Gasteiger partial charge in [-0.3, -0.25) is 9.69 Å². The molecule has 0 aromatic heterocycles. The fourth-order valence-electron chi connectivity index (χ4n) is 3.73. The van der Waals surface area contributed by atoms with Gasteiger partial charge in [-0.15, -0.1) is 0 Å². The Hall–Kier alpha value is -3.38. The molecule has 4 rings (SSSR count). The van der Waals surface area contributed by atoms with Gasteiger partial charge in [-0.05, 0) is 42.3 Å². The SMILES string of the molecule is O=C(NCc1ccccc1Cl)c1cccc(N2CCCN(Cc3ccccc3F)C2=O)c1. The molecule has 0 unspecified atom stereocenters. The Morgan fingerprint density at radius 1 is 0.969 bits per heavy atom. The van der Waals surface area contributed by atoms with E-state index in [9.17, 15) is 14.0 Å². The molecule has 164 valence electrons. The van der Waals surface area contributed by atoms with Gasteiger partial charge >= 0.3 is 6.03 Å². The highest BCUT2D eigenvalue weighted by Gasteiger charge is 2.27. The first kappa shape index (κ1) is 21.8. The molecule has 1 aliphatic heterocycles. The van der Waals surface area contributed by atoms with Gasteiger partial charge in [-0.1, -0.05) is 54.1 Å². The number of halogens is 2. The summed E-state index contributed by atoms with van der Waals surface area (Å²) in [5.41, 5.74) is 2.40. The third kappa shape index (κ3) is 4.92. The summed E-state index contributed by atoms with van der Waals surface area (Å²) < 4.78 is 14.0. The molecule has 5 nitrogen and oxygen atoms in total. The predicted octanol–water partition coefficient (Wildman–Crippen LogP) is 5.24. The van der Waals surface area contributed by atoms with Crippen molar-refractivity contribution in [3.63, 3.8) is 0 Å². The van der Waals surface area contributed by atoms with Crippen LogP contribution in [0.25, 0.3) is 0 Å². The van der Waals surface area contributed by atoms with Crippen molar-refractivity contribution in [1.29, 1.82) is 0 Å². The summed E-state index contributed by atoms with van der Waals surface area (Å²) in [4.78, 5) is 29.0. The molecule has 0 aliphatic carbocycles. The Morgan fingerprint density at radius 3 is 2.50 bits per heavy atom. The quantitative estimate of drug-likeness (QED) is 0.557. The van der Waals surface area contributed by atoms with Gasteiger partial charge in [0.2, 0.25) is 0 Å². The maximum absolute atomic E-state index is 14.0. The van der Waals surface area contributed by atoms with Crippen molar-refractivity contribution >= 4 is 29.2 Å². The first-order valence-electron chi connectivity index (χ1n) is 10.4. The number of amides is 3. The highest BCUT2D eigenvalue weighted by Crippen LogP contribution is 2.23. The van der Waals surface area contributed by atoms with Crippen molar-refractivity contribution in [1.82, 2.24) is 10.2 Å². The number of carbonyl (C=O) groups is 2. The average molecular weight is 452 g/mol. The summed E-state index contributed by atoms with van der Waals surface area (Å²) in [7, 11) is 0. The van der Waals surface area contributed by atoms with E-state index in [4.69, 9.17) is 11.6 Å². The normalized spacial score (nSPS) is 13.9. The molecule has 3 aromatic carbocycles. The molecule has 1 N–H and O–H groups in total. The van der Waals surface area contributed by atoms with Gasteiger partial charge in [0.05, 0.1) is 6.54 Å². The summed E-state index contributed by atoms with van der Waals surface area (Å²) in [5.74, 6) is -0.575. The minimum Gasteiger partial charge on any atom is -0.348 e. The molecule has 0 spiro atoms. The number of carbonyl (C=O) groups excluding carboxylic acids is 2. The molecular weight excluding hydrogens is 429 g/mol. The highest BCUT2D eigenvalue weighted by molar-refractivity contribution is 6.31. The van der Waals surface area contributed by atoms with Gasteiger partial charge in [-0.25, -0.2) is 9.18 Å². The third-order valence-electron chi connectivity index (χ3n) is 5.45. The molecule has 0 radical (unpaired) electrons. The number of hydrogen-bond acceptors (Lipinski definition) is 2. The van der Waals surface area contributed by atoms with Crippen LogP contribution in [0.3, 0.4) is 0 Å². The number of hydrogen-bond donors (Lipinski definition) is 1. The van der Waals surface area contributed by atoms with E-state index in [1.54, 1.807) is 58.3 Å². The van der Waals surface area contributed by atoms with Crippen LogP contribution in [0.1, 0.15) is 27.9 Å². The summed E-state index contributed by atoms with van der Waals surface area (Å²) in [6.07, 6.45) is 0.753. The molecule has 3 aromatic rings. The van der Waals surface area contributed by atoms with Crippen LogP contribution < -0.4 is 10.2 Å². The molecule has 3 amide bonds. The molecule has 7 heteroatoms. The molecule has 1 fully saturated rings. The fourth-order valence-corrected chi connectivity index (χ4v) is 3.94. The number of nitrogens with zero attached hydrogens (tertiary/aromatic N) is 2. The monoisotopic (exact) mass is 451 g/mol. The van der Waals surface area contributed by atoms with Crippen LogP contribution in [-0.4, -0.2) is 29.9 Å². The number of rotatable bonds is 6. The van der Waals surface area contributed by atoms with E-state index in [-0.39, 0.29) is 24.3 Å². The molecule has 1 saturated heterocycles. The van der Waals surface area contributed by atoms with Crippen molar-refractivity contribution in [2.75, 3.05) is 18.0 Å². The van der Waals surface area contributed by atoms with Crippen molar-refractivity contribution in [2.24, 2.45) is 0 Å². The molecule has 0 bridgehead atoms. The second kappa shape index (κ2) is 9.83. The van der Waals surface area contributed by atoms with E-state index in [0.717, 1.165) is 12.0 Å². The zero-order valence-corrected chi connectivity index (χ0v) is 18.2. The van der Waals surface area contributed by atoms with Gasteiger partial charge in [0, 0.05) is 41.5 Å². The largest absolute Gasteiger partial charge is 0.348 e. The molecule has 1 heterocycles. The van der Waals surface area contributed by atoms with Crippen LogP contribution in [0.15, 0.2) is 72.8 Å². The van der Waals surface area contributed by atoms with Crippen molar-refractivity contribution in [2.45, 2.75) is 19.5 Å². The highest BCUT2D eigenvalue weighted by atomic mass is 35.5. The standard InChI is InChI=1S/C25H23ClFN3O2/c26-22-11-3-1-7-19(22)16-28-24(31)18-9-5-10-21(15-18)30-14-6-13-29(25(30)32)17-20-8-2-4-12-23(20)27/h1-5,7-12,15H,6,13-14,16-17H2,(H,28,31). The lowest BCUT2D eigenvalue weighted by molar-refractivity contribution is 0.0951. The minimum absolute atomic E-state index is 0.201. The Bertz CT molecular complexity index is 1140. The number of urea groups is 1. The topological polar surface area (TPSA) is 52.7 Å². The number of benzene rings is 3. The van der Waals surface area contributed by atoms with Gasteiger partial charge in [-0.2, -0.15) is 0 Å². The second-order valence-corrected chi connectivity index (χ2v) is 8.03. The van der Waals surface area contributed by atoms with Gasteiger partial charge < -0.3 is 10.2 Å². The molecule has 0 atom stereocenters. The maximum atomic E-state index is 14.0. The third-order valence-corrected chi connectivity index (χ3v) is 5.82. The molecule has 0 saturated carbocycles. The van der Waals surface area contributed by atoms with E-state index in [2.05, 4.69) is 5.32 Å². The Balaban J connectivity index is 1.46. The van der Waals surface area contributed by atoms with Crippen LogP contribution in [0.5, 0.6) is 0 Å². The lowest BCUT2D eigenvalue weighted by Gasteiger charge is -2.36. The zero-order valence-electron chi connectivity index (χ0n) is 17.4. The maximum Gasteiger partial charge on any atom is 0.324 e. The number of nitrogens with one attached hydrogen (secondary N) is 1. The predicted molar refractivity (Wildman–Crippen MR) is 123 cm³/mol. The van der Waals surface area contributed by atoms with Gasteiger partial charge in [0.15, 0.2) is 0 Å².